The number of benzene rings is 2. The topological polar surface area (TPSA) is 66.5 Å². The summed E-state index contributed by atoms with van der Waals surface area (Å²) in [6.07, 6.45) is 0. The van der Waals surface area contributed by atoms with Crippen LogP contribution in [0.2, 0.25) is 0 Å². The van der Waals surface area contributed by atoms with Crippen LogP contribution in [0.5, 0.6) is 0 Å². The van der Waals surface area contributed by atoms with Crippen molar-refractivity contribution in [2.75, 3.05) is 7.05 Å². The molecule has 3 atom stereocenters. The van der Waals surface area contributed by atoms with E-state index in [-0.39, 0.29) is 29.7 Å². The van der Waals surface area contributed by atoms with Gasteiger partial charge in [-0.15, -0.1) is 0 Å². The van der Waals surface area contributed by atoms with Gasteiger partial charge in [0.15, 0.2) is 0 Å². The Bertz CT molecular complexity index is 996. The molecule has 0 unspecified atom stereocenters. The zero-order chi connectivity index (χ0) is 19.8. The summed E-state index contributed by atoms with van der Waals surface area (Å²) in [5, 5.41) is 3.05. The number of amides is 3. The lowest BCUT2D eigenvalue weighted by Gasteiger charge is -2.56. The summed E-state index contributed by atoms with van der Waals surface area (Å²) in [6, 6.07) is 15.8. The molecule has 5 nitrogen and oxygen atoms in total. The van der Waals surface area contributed by atoms with Crippen LogP contribution in [0.3, 0.4) is 0 Å². The maximum absolute atomic E-state index is 13.3. The molecular weight excluding hydrogens is 352 g/mol. The van der Waals surface area contributed by atoms with Crippen LogP contribution in [-0.2, 0) is 19.8 Å². The van der Waals surface area contributed by atoms with E-state index < -0.39 is 17.3 Å². The third-order valence-electron chi connectivity index (χ3n) is 7.01. The minimum absolute atomic E-state index is 0.122. The zero-order valence-electron chi connectivity index (χ0n) is 16.1. The summed E-state index contributed by atoms with van der Waals surface area (Å²) in [4.78, 5) is 39.8. The largest absolute Gasteiger partial charge is 0.353 e. The van der Waals surface area contributed by atoms with Crippen LogP contribution in [-0.4, -0.2) is 35.7 Å². The van der Waals surface area contributed by atoms with Crippen LogP contribution in [0.4, 0.5) is 0 Å². The number of carbonyl (C=O) groups excluding carboxylic acids is 3. The van der Waals surface area contributed by atoms with Gasteiger partial charge in [0.05, 0.1) is 17.3 Å². The van der Waals surface area contributed by atoms with Crippen molar-refractivity contribution in [2.24, 2.45) is 11.8 Å². The predicted molar refractivity (Wildman–Crippen MR) is 104 cm³/mol. The molecule has 0 saturated carbocycles. The summed E-state index contributed by atoms with van der Waals surface area (Å²) in [5.74, 6) is -1.50. The summed E-state index contributed by atoms with van der Waals surface area (Å²) in [7, 11) is 1.58. The molecule has 2 aromatic carbocycles. The summed E-state index contributed by atoms with van der Waals surface area (Å²) in [6.45, 7) is 3.44. The molecule has 1 aliphatic heterocycles. The SMILES string of the molecule is CC(=O)N[C@H](C)C12c3ccccc3C(c3ccccc31)[C@@H]1C(=O)N(C)C(=O)[C@@H]12. The van der Waals surface area contributed by atoms with Crippen molar-refractivity contribution in [3.05, 3.63) is 70.8 Å². The Hall–Kier alpha value is -2.95. The standard InChI is InChI=1S/C23H22N2O3/c1-12(24-13(2)26)23-16-10-6-4-8-14(16)18(15-9-5-7-11-17(15)23)19-20(23)22(28)25(3)21(19)27/h4-12,18-20H,1-3H3,(H,24,26)/t12-,18?,19+,20-,23?/m1/s1. The van der Waals surface area contributed by atoms with E-state index in [0.29, 0.717) is 0 Å². The van der Waals surface area contributed by atoms with E-state index in [0.717, 1.165) is 22.3 Å². The number of nitrogens with one attached hydrogen (secondary N) is 1. The van der Waals surface area contributed by atoms with Crippen LogP contribution in [0.1, 0.15) is 42.0 Å². The monoisotopic (exact) mass is 374 g/mol. The molecule has 5 heteroatoms. The highest BCUT2D eigenvalue weighted by atomic mass is 16.2. The van der Waals surface area contributed by atoms with Crippen molar-refractivity contribution < 1.29 is 14.4 Å². The van der Waals surface area contributed by atoms with Crippen molar-refractivity contribution in [2.45, 2.75) is 31.2 Å². The predicted octanol–water partition coefficient (Wildman–Crippen LogP) is 2.19. The van der Waals surface area contributed by atoms with Gasteiger partial charge in [0, 0.05) is 25.9 Å². The fourth-order valence-electron chi connectivity index (χ4n) is 6.13. The normalized spacial score (nSPS) is 30.5. The van der Waals surface area contributed by atoms with Crippen LogP contribution >= 0.6 is 0 Å². The number of imide groups is 1. The zero-order valence-corrected chi connectivity index (χ0v) is 16.1. The Balaban J connectivity index is 1.91. The average Bonchev–Trinajstić information content (AvgIpc) is 2.92. The van der Waals surface area contributed by atoms with E-state index in [1.807, 2.05) is 31.2 Å². The molecule has 1 saturated heterocycles. The quantitative estimate of drug-likeness (QED) is 0.820. The molecule has 3 amide bonds. The fraction of sp³-hybridized carbons (Fsp3) is 0.348. The number of carbonyl (C=O) groups is 3. The fourth-order valence-corrected chi connectivity index (χ4v) is 6.13. The number of rotatable bonds is 2. The van der Waals surface area contributed by atoms with Gasteiger partial charge < -0.3 is 5.32 Å². The van der Waals surface area contributed by atoms with Crippen molar-refractivity contribution in [1.82, 2.24) is 10.2 Å². The minimum atomic E-state index is -0.768. The van der Waals surface area contributed by atoms with E-state index in [9.17, 15) is 14.4 Å². The van der Waals surface area contributed by atoms with E-state index in [2.05, 4.69) is 29.6 Å². The number of likely N-dealkylation sites (tertiary alicyclic amines) is 1. The first-order chi connectivity index (χ1) is 13.4. The molecular formula is C23H22N2O3. The third kappa shape index (κ3) is 1.79. The number of hydrogen-bond acceptors (Lipinski definition) is 3. The summed E-state index contributed by atoms with van der Waals surface area (Å²) < 4.78 is 0. The van der Waals surface area contributed by atoms with Crippen LogP contribution in [0.15, 0.2) is 48.5 Å². The molecule has 1 N–H and O–H groups in total. The molecule has 28 heavy (non-hydrogen) atoms. The maximum atomic E-state index is 13.3. The highest BCUT2D eigenvalue weighted by molar-refractivity contribution is 6.08. The third-order valence-corrected chi connectivity index (χ3v) is 7.01. The van der Waals surface area contributed by atoms with Crippen LogP contribution in [0, 0.1) is 11.8 Å². The van der Waals surface area contributed by atoms with Gasteiger partial charge in [0.1, 0.15) is 0 Å². The Labute approximate surface area is 163 Å². The summed E-state index contributed by atoms with van der Waals surface area (Å²) >= 11 is 0. The highest BCUT2D eigenvalue weighted by Crippen LogP contribution is 2.64. The van der Waals surface area contributed by atoms with E-state index in [4.69, 9.17) is 0 Å². The number of nitrogens with zero attached hydrogens (tertiary/aromatic N) is 1. The summed E-state index contributed by atoms with van der Waals surface area (Å²) in [5.41, 5.74) is 3.53. The van der Waals surface area contributed by atoms with Gasteiger partial charge in [-0.3, -0.25) is 19.3 Å². The van der Waals surface area contributed by atoms with Gasteiger partial charge in [-0.1, -0.05) is 48.5 Å². The lowest BCUT2D eigenvalue weighted by Crippen LogP contribution is -2.62. The lowest BCUT2D eigenvalue weighted by atomic mass is 9.45. The first-order valence-corrected chi connectivity index (χ1v) is 9.68. The van der Waals surface area contributed by atoms with Crippen molar-refractivity contribution in [3.8, 4) is 0 Å². The second-order valence-electron chi connectivity index (χ2n) is 8.18. The van der Waals surface area contributed by atoms with Gasteiger partial charge >= 0.3 is 0 Å². The molecule has 1 fully saturated rings. The van der Waals surface area contributed by atoms with Crippen molar-refractivity contribution in [1.29, 1.82) is 0 Å². The van der Waals surface area contributed by atoms with E-state index in [1.165, 1.54) is 11.8 Å². The number of hydrogen-bond donors (Lipinski definition) is 1. The van der Waals surface area contributed by atoms with Crippen LogP contribution < -0.4 is 5.32 Å². The Morgan fingerprint density at radius 2 is 1.54 bits per heavy atom. The molecule has 6 rings (SSSR count). The van der Waals surface area contributed by atoms with Crippen molar-refractivity contribution in [3.63, 3.8) is 0 Å². The van der Waals surface area contributed by atoms with Crippen LogP contribution in [0.25, 0.3) is 0 Å². The Morgan fingerprint density at radius 3 is 2.07 bits per heavy atom. The molecule has 1 heterocycles. The lowest BCUT2D eigenvalue weighted by molar-refractivity contribution is -0.138. The maximum Gasteiger partial charge on any atom is 0.234 e. The smallest absolute Gasteiger partial charge is 0.234 e. The molecule has 0 aromatic heterocycles. The highest BCUT2D eigenvalue weighted by Gasteiger charge is 2.69. The molecule has 142 valence electrons. The van der Waals surface area contributed by atoms with Gasteiger partial charge in [-0.05, 0) is 29.2 Å². The Kier molecular flexibility index (Phi) is 3.39. The van der Waals surface area contributed by atoms with E-state index in [1.54, 1.807) is 7.05 Å². The average molecular weight is 374 g/mol. The van der Waals surface area contributed by atoms with Crippen molar-refractivity contribution >= 4 is 17.7 Å². The molecule has 3 aliphatic carbocycles. The van der Waals surface area contributed by atoms with Gasteiger partial charge in [-0.25, -0.2) is 0 Å². The minimum Gasteiger partial charge on any atom is -0.353 e. The molecule has 2 aromatic rings. The first-order valence-electron chi connectivity index (χ1n) is 9.68. The van der Waals surface area contributed by atoms with Gasteiger partial charge in [0.2, 0.25) is 17.7 Å². The molecule has 0 radical (unpaired) electrons. The Morgan fingerprint density at radius 1 is 1.00 bits per heavy atom. The van der Waals surface area contributed by atoms with E-state index >= 15 is 0 Å². The second-order valence-corrected chi connectivity index (χ2v) is 8.18. The first kappa shape index (κ1) is 17.2. The molecule has 4 aliphatic rings. The molecule has 0 spiro atoms. The second kappa shape index (κ2) is 5.53. The van der Waals surface area contributed by atoms with Gasteiger partial charge in [0.25, 0.3) is 0 Å². The molecule has 2 bridgehead atoms. The van der Waals surface area contributed by atoms with Gasteiger partial charge in [-0.2, -0.15) is 0 Å².